The summed E-state index contributed by atoms with van der Waals surface area (Å²) in [4.78, 5) is 10.6. The van der Waals surface area contributed by atoms with E-state index in [1.807, 2.05) is 32.0 Å². The second kappa shape index (κ2) is 5.81. The van der Waals surface area contributed by atoms with Crippen LogP contribution in [0.2, 0.25) is 10.2 Å². The molecule has 20 heavy (non-hydrogen) atoms. The summed E-state index contributed by atoms with van der Waals surface area (Å²) >= 11 is 12.2. The van der Waals surface area contributed by atoms with E-state index in [0.717, 1.165) is 5.56 Å². The molecule has 0 radical (unpaired) electrons. The number of nitrogens with zero attached hydrogens (tertiary/aromatic N) is 3. The summed E-state index contributed by atoms with van der Waals surface area (Å²) in [5, 5.41) is 16.0. The standard InChI is InChI=1S/C13H13Cl2N3O2/c1-8(2)11-12(18(19)20)13(15)17(16-11)7-9-5-3-4-6-10(9)14/h3-6,8H,7H2,1-2H3. The summed E-state index contributed by atoms with van der Waals surface area (Å²) in [5.41, 5.74) is 1.06. The summed E-state index contributed by atoms with van der Waals surface area (Å²) in [6, 6.07) is 7.25. The van der Waals surface area contributed by atoms with Gasteiger partial charge in [0.1, 0.15) is 5.69 Å². The van der Waals surface area contributed by atoms with E-state index >= 15 is 0 Å². The lowest BCUT2D eigenvalue weighted by molar-refractivity contribution is -0.385. The van der Waals surface area contributed by atoms with Crippen LogP contribution in [0.4, 0.5) is 5.69 Å². The van der Waals surface area contributed by atoms with Crippen LogP contribution in [0.15, 0.2) is 24.3 Å². The molecule has 0 N–H and O–H groups in total. The highest BCUT2D eigenvalue weighted by Gasteiger charge is 2.28. The monoisotopic (exact) mass is 313 g/mol. The van der Waals surface area contributed by atoms with Crippen molar-refractivity contribution in [3.63, 3.8) is 0 Å². The third-order valence-electron chi connectivity index (χ3n) is 2.90. The largest absolute Gasteiger partial charge is 0.329 e. The molecule has 7 heteroatoms. The highest BCUT2D eigenvalue weighted by Crippen LogP contribution is 2.33. The first-order valence-electron chi connectivity index (χ1n) is 6.05. The SMILES string of the molecule is CC(C)c1nn(Cc2ccccc2Cl)c(Cl)c1[N+](=O)[O-]. The molecule has 0 aliphatic rings. The van der Waals surface area contributed by atoms with E-state index < -0.39 is 4.92 Å². The van der Waals surface area contributed by atoms with Gasteiger partial charge in [0.15, 0.2) is 0 Å². The molecule has 2 aromatic rings. The van der Waals surface area contributed by atoms with E-state index in [-0.39, 0.29) is 16.8 Å². The molecule has 1 heterocycles. The lowest BCUT2D eigenvalue weighted by Crippen LogP contribution is -2.03. The van der Waals surface area contributed by atoms with Gasteiger partial charge in [0.25, 0.3) is 0 Å². The number of halogens is 2. The molecule has 2 rings (SSSR count). The molecule has 0 unspecified atom stereocenters. The first-order valence-corrected chi connectivity index (χ1v) is 6.81. The Hall–Kier alpha value is -1.59. The van der Waals surface area contributed by atoms with Crippen molar-refractivity contribution < 1.29 is 4.92 Å². The Kier molecular flexibility index (Phi) is 4.30. The molecule has 0 aliphatic heterocycles. The second-order valence-electron chi connectivity index (χ2n) is 4.69. The van der Waals surface area contributed by atoms with Crippen LogP contribution >= 0.6 is 23.2 Å². The van der Waals surface area contributed by atoms with Crippen molar-refractivity contribution in [1.29, 1.82) is 0 Å². The minimum absolute atomic E-state index is 0.0265. The molecule has 0 atom stereocenters. The number of hydrogen-bond donors (Lipinski definition) is 0. The predicted octanol–water partition coefficient (Wildman–Crippen LogP) is 4.27. The van der Waals surface area contributed by atoms with Gasteiger partial charge in [0.2, 0.25) is 5.15 Å². The van der Waals surface area contributed by atoms with E-state index in [4.69, 9.17) is 23.2 Å². The molecule has 0 bridgehead atoms. The van der Waals surface area contributed by atoms with Crippen LogP contribution < -0.4 is 0 Å². The Bertz CT molecular complexity index is 653. The van der Waals surface area contributed by atoms with Gasteiger partial charge in [-0.2, -0.15) is 5.10 Å². The zero-order valence-corrected chi connectivity index (χ0v) is 12.5. The fraction of sp³-hybridized carbons (Fsp3) is 0.308. The van der Waals surface area contributed by atoms with Gasteiger partial charge in [-0.25, -0.2) is 4.68 Å². The topological polar surface area (TPSA) is 61.0 Å². The Morgan fingerprint density at radius 3 is 2.50 bits per heavy atom. The highest BCUT2D eigenvalue weighted by molar-refractivity contribution is 6.32. The average molecular weight is 314 g/mol. The minimum atomic E-state index is -0.492. The van der Waals surface area contributed by atoms with E-state index in [1.165, 1.54) is 4.68 Å². The van der Waals surface area contributed by atoms with Crippen LogP contribution in [-0.4, -0.2) is 14.7 Å². The van der Waals surface area contributed by atoms with Crippen molar-refractivity contribution in [3.8, 4) is 0 Å². The zero-order chi connectivity index (χ0) is 14.9. The maximum atomic E-state index is 11.1. The Balaban J connectivity index is 2.46. The molecule has 106 valence electrons. The van der Waals surface area contributed by atoms with E-state index in [1.54, 1.807) is 6.07 Å². The van der Waals surface area contributed by atoms with Gasteiger partial charge in [-0.15, -0.1) is 0 Å². The molecule has 5 nitrogen and oxygen atoms in total. The molecular formula is C13H13Cl2N3O2. The van der Waals surface area contributed by atoms with E-state index in [9.17, 15) is 10.1 Å². The molecule has 1 aromatic carbocycles. The van der Waals surface area contributed by atoms with Gasteiger partial charge >= 0.3 is 5.69 Å². The predicted molar refractivity (Wildman–Crippen MR) is 78.5 cm³/mol. The van der Waals surface area contributed by atoms with Crippen molar-refractivity contribution in [1.82, 2.24) is 9.78 Å². The smallest absolute Gasteiger partial charge is 0.258 e. The summed E-state index contributed by atoms with van der Waals surface area (Å²) in [6.45, 7) is 3.98. The van der Waals surface area contributed by atoms with Gasteiger partial charge in [-0.3, -0.25) is 10.1 Å². The lowest BCUT2D eigenvalue weighted by Gasteiger charge is -2.04. The molecule has 0 spiro atoms. The molecule has 0 saturated carbocycles. The number of benzene rings is 1. The third-order valence-corrected chi connectivity index (χ3v) is 3.64. The molecule has 0 amide bonds. The average Bonchev–Trinajstić information content (AvgIpc) is 2.70. The summed E-state index contributed by atoms with van der Waals surface area (Å²) in [7, 11) is 0. The molecular weight excluding hydrogens is 301 g/mol. The van der Waals surface area contributed by atoms with Crippen LogP contribution in [-0.2, 0) is 6.54 Å². The number of rotatable bonds is 4. The summed E-state index contributed by atoms with van der Waals surface area (Å²) in [5.74, 6) is -0.0830. The Morgan fingerprint density at radius 2 is 2.00 bits per heavy atom. The summed E-state index contributed by atoms with van der Waals surface area (Å²) < 4.78 is 1.41. The summed E-state index contributed by atoms with van der Waals surface area (Å²) in [6.07, 6.45) is 0. The van der Waals surface area contributed by atoms with Crippen molar-refractivity contribution in [2.45, 2.75) is 26.3 Å². The molecule has 1 aromatic heterocycles. The normalized spacial score (nSPS) is 11.1. The van der Waals surface area contributed by atoms with Gasteiger partial charge in [-0.1, -0.05) is 55.2 Å². The fourth-order valence-electron chi connectivity index (χ4n) is 1.90. The van der Waals surface area contributed by atoms with Crippen LogP contribution in [0, 0.1) is 10.1 Å². The maximum Gasteiger partial charge on any atom is 0.329 e. The van der Waals surface area contributed by atoms with E-state index in [2.05, 4.69) is 5.10 Å². The minimum Gasteiger partial charge on any atom is -0.258 e. The number of hydrogen-bond acceptors (Lipinski definition) is 3. The first-order chi connectivity index (χ1) is 9.41. The highest BCUT2D eigenvalue weighted by atomic mass is 35.5. The molecule has 0 saturated heterocycles. The second-order valence-corrected chi connectivity index (χ2v) is 5.45. The van der Waals surface area contributed by atoms with Gasteiger partial charge < -0.3 is 0 Å². The zero-order valence-electron chi connectivity index (χ0n) is 11.0. The quantitative estimate of drug-likeness (QED) is 0.625. The van der Waals surface area contributed by atoms with Crippen LogP contribution in [0.3, 0.4) is 0 Å². The number of nitro groups is 1. The van der Waals surface area contributed by atoms with Gasteiger partial charge in [0.05, 0.1) is 11.5 Å². The van der Waals surface area contributed by atoms with Gasteiger partial charge in [0, 0.05) is 10.9 Å². The van der Waals surface area contributed by atoms with Crippen LogP contribution in [0.5, 0.6) is 0 Å². The van der Waals surface area contributed by atoms with Crippen molar-refractivity contribution in [2.24, 2.45) is 0 Å². The Labute approximate surface area is 126 Å². The fourth-order valence-corrected chi connectivity index (χ4v) is 2.36. The van der Waals surface area contributed by atoms with Crippen molar-refractivity contribution in [3.05, 3.63) is 55.8 Å². The van der Waals surface area contributed by atoms with Crippen molar-refractivity contribution in [2.75, 3.05) is 0 Å². The van der Waals surface area contributed by atoms with Gasteiger partial charge in [-0.05, 0) is 11.6 Å². The van der Waals surface area contributed by atoms with E-state index in [0.29, 0.717) is 17.3 Å². The van der Waals surface area contributed by atoms with Crippen LogP contribution in [0.1, 0.15) is 31.0 Å². The lowest BCUT2D eigenvalue weighted by atomic mass is 10.1. The molecule has 0 fully saturated rings. The Morgan fingerprint density at radius 1 is 1.35 bits per heavy atom. The first kappa shape index (κ1) is 14.8. The third kappa shape index (κ3) is 2.78. The number of aromatic nitrogens is 2. The van der Waals surface area contributed by atoms with Crippen LogP contribution in [0.25, 0.3) is 0 Å². The van der Waals surface area contributed by atoms with Crippen molar-refractivity contribution >= 4 is 28.9 Å². The molecule has 0 aliphatic carbocycles. The maximum absolute atomic E-state index is 11.1.